The highest BCUT2D eigenvalue weighted by Crippen LogP contribution is 2.21. The van der Waals surface area contributed by atoms with E-state index >= 15 is 0 Å². The Labute approximate surface area is 79.3 Å². The first kappa shape index (κ1) is 11.9. The number of thiol groups is 1. The Morgan fingerprint density at radius 3 is 2.17 bits per heavy atom. The van der Waals surface area contributed by atoms with Crippen LogP contribution in [-0.4, -0.2) is 24.6 Å². The molecule has 0 aromatic heterocycles. The summed E-state index contributed by atoms with van der Waals surface area (Å²) in [6.45, 7) is 2.62. The molecular formula is C8H18N2OS. The summed E-state index contributed by atoms with van der Waals surface area (Å²) in [7, 11) is 0. The summed E-state index contributed by atoms with van der Waals surface area (Å²) in [5.74, 6) is 0.714. The predicted molar refractivity (Wildman–Crippen MR) is 54.3 cm³/mol. The van der Waals surface area contributed by atoms with E-state index in [1.807, 2.05) is 6.92 Å². The number of hydrogen-bond acceptors (Lipinski definition) is 4. The lowest BCUT2D eigenvalue weighted by atomic mass is 9.80. The Hall–Kier alpha value is -0.0600. The molecule has 0 aliphatic carbocycles. The molecule has 0 unspecified atom stereocenters. The highest BCUT2D eigenvalue weighted by molar-refractivity contribution is 7.80. The van der Waals surface area contributed by atoms with E-state index in [4.69, 9.17) is 11.5 Å². The molecule has 4 N–H and O–H groups in total. The van der Waals surface area contributed by atoms with Crippen molar-refractivity contribution in [2.24, 2.45) is 16.9 Å². The third-order valence-electron chi connectivity index (χ3n) is 2.39. The number of Topliss-reactive ketones (excluding diaryl/α,β-unsaturated/α-hetero) is 1. The van der Waals surface area contributed by atoms with Gasteiger partial charge in [0.15, 0.2) is 0 Å². The van der Waals surface area contributed by atoms with Crippen molar-refractivity contribution in [2.75, 3.05) is 18.8 Å². The van der Waals surface area contributed by atoms with Crippen LogP contribution in [0.3, 0.4) is 0 Å². The van der Waals surface area contributed by atoms with E-state index in [1.165, 1.54) is 0 Å². The van der Waals surface area contributed by atoms with E-state index in [0.29, 0.717) is 31.7 Å². The average Bonchev–Trinajstić information content (AvgIpc) is 2.09. The molecule has 0 fully saturated rings. The van der Waals surface area contributed by atoms with E-state index in [-0.39, 0.29) is 5.78 Å². The van der Waals surface area contributed by atoms with Crippen LogP contribution in [0.2, 0.25) is 0 Å². The van der Waals surface area contributed by atoms with Crippen LogP contribution in [0, 0.1) is 5.41 Å². The van der Waals surface area contributed by atoms with Gasteiger partial charge in [0.25, 0.3) is 0 Å². The monoisotopic (exact) mass is 190 g/mol. The van der Waals surface area contributed by atoms with Crippen molar-refractivity contribution < 1.29 is 4.79 Å². The van der Waals surface area contributed by atoms with E-state index in [9.17, 15) is 4.79 Å². The van der Waals surface area contributed by atoms with Crippen LogP contribution >= 0.6 is 12.6 Å². The summed E-state index contributed by atoms with van der Waals surface area (Å²) in [6.07, 6.45) is 1.18. The molecule has 0 amide bonds. The SMILES string of the molecule is CCC(CN)(CN)C(=O)CCS. The number of ketones is 1. The van der Waals surface area contributed by atoms with Crippen LogP contribution in [0.25, 0.3) is 0 Å². The predicted octanol–water partition coefficient (Wildman–Crippen LogP) is 0.189. The fourth-order valence-electron chi connectivity index (χ4n) is 1.16. The van der Waals surface area contributed by atoms with Gasteiger partial charge in [-0.05, 0) is 12.2 Å². The van der Waals surface area contributed by atoms with Gasteiger partial charge in [0, 0.05) is 19.5 Å². The smallest absolute Gasteiger partial charge is 0.142 e. The van der Waals surface area contributed by atoms with E-state index in [2.05, 4.69) is 12.6 Å². The molecule has 0 aromatic rings. The van der Waals surface area contributed by atoms with E-state index in [1.54, 1.807) is 0 Å². The minimum absolute atomic E-state index is 0.144. The summed E-state index contributed by atoms with van der Waals surface area (Å²) >= 11 is 4.01. The second-order valence-corrected chi connectivity index (χ2v) is 3.39. The number of carbonyl (C=O) groups excluding carboxylic acids is 1. The van der Waals surface area contributed by atoms with Gasteiger partial charge in [-0.1, -0.05) is 6.92 Å². The first-order valence-electron chi connectivity index (χ1n) is 4.21. The lowest BCUT2D eigenvalue weighted by Gasteiger charge is -2.27. The Morgan fingerprint density at radius 1 is 1.42 bits per heavy atom. The summed E-state index contributed by atoms with van der Waals surface area (Å²) in [6, 6.07) is 0. The Morgan fingerprint density at radius 2 is 1.92 bits per heavy atom. The van der Waals surface area contributed by atoms with Crippen molar-refractivity contribution in [2.45, 2.75) is 19.8 Å². The van der Waals surface area contributed by atoms with Gasteiger partial charge in [-0.15, -0.1) is 0 Å². The van der Waals surface area contributed by atoms with Crippen LogP contribution < -0.4 is 11.5 Å². The van der Waals surface area contributed by atoms with E-state index < -0.39 is 5.41 Å². The third kappa shape index (κ3) is 2.47. The van der Waals surface area contributed by atoms with Crippen LogP contribution in [0.5, 0.6) is 0 Å². The maximum atomic E-state index is 11.5. The molecule has 72 valence electrons. The Kier molecular flexibility index (Phi) is 5.53. The quantitative estimate of drug-likeness (QED) is 0.524. The number of nitrogens with two attached hydrogens (primary N) is 2. The maximum absolute atomic E-state index is 11.5. The second-order valence-electron chi connectivity index (χ2n) is 2.94. The van der Waals surface area contributed by atoms with E-state index in [0.717, 1.165) is 0 Å². The van der Waals surface area contributed by atoms with Crippen molar-refractivity contribution in [1.82, 2.24) is 0 Å². The van der Waals surface area contributed by atoms with Gasteiger partial charge in [0.1, 0.15) is 5.78 Å². The second kappa shape index (κ2) is 5.56. The summed E-state index contributed by atoms with van der Waals surface area (Å²) in [5.41, 5.74) is 10.6. The average molecular weight is 190 g/mol. The molecule has 0 radical (unpaired) electrons. The molecule has 0 aromatic carbocycles. The highest BCUT2D eigenvalue weighted by atomic mass is 32.1. The molecule has 0 spiro atoms. The largest absolute Gasteiger partial charge is 0.329 e. The minimum Gasteiger partial charge on any atom is -0.329 e. The van der Waals surface area contributed by atoms with Crippen molar-refractivity contribution in [3.63, 3.8) is 0 Å². The lowest BCUT2D eigenvalue weighted by molar-refractivity contribution is -0.127. The standard InChI is InChI=1S/C8H18N2OS/c1-2-8(5-9,6-10)7(11)3-4-12/h12H,2-6,9-10H2,1H3. The molecular weight excluding hydrogens is 172 g/mol. The van der Waals surface area contributed by atoms with Gasteiger partial charge in [-0.25, -0.2) is 0 Å². The van der Waals surface area contributed by atoms with Gasteiger partial charge in [-0.3, -0.25) is 4.79 Å². The zero-order valence-electron chi connectivity index (χ0n) is 7.55. The van der Waals surface area contributed by atoms with Crippen LogP contribution in [0.15, 0.2) is 0 Å². The molecule has 12 heavy (non-hydrogen) atoms. The van der Waals surface area contributed by atoms with Gasteiger partial charge < -0.3 is 11.5 Å². The molecule has 0 aliphatic rings. The summed E-state index contributed by atoms with van der Waals surface area (Å²) < 4.78 is 0. The molecule has 0 saturated heterocycles. The normalized spacial score (nSPS) is 11.7. The molecule has 3 nitrogen and oxygen atoms in total. The molecule has 0 rings (SSSR count). The Bertz CT molecular complexity index is 138. The summed E-state index contributed by atoms with van der Waals surface area (Å²) in [5, 5.41) is 0. The number of carbonyl (C=O) groups is 1. The Balaban J connectivity index is 4.36. The first-order valence-corrected chi connectivity index (χ1v) is 4.84. The lowest BCUT2D eigenvalue weighted by Crippen LogP contribution is -2.44. The fourth-order valence-corrected chi connectivity index (χ4v) is 1.37. The molecule has 0 atom stereocenters. The van der Waals surface area contributed by atoms with Gasteiger partial charge >= 0.3 is 0 Å². The zero-order chi connectivity index (χ0) is 9.61. The number of rotatable bonds is 6. The van der Waals surface area contributed by atoms with Crippen LogP contribution in [0.4, 0.5) is 0 Å². The number of hydrogen-bond donors (Lipinski definition) is 3. The molecule has 0 saturated carbocycles. The molecule has 0 aliphatic heterocycles. The van der Waals surface area contributed by atoms with Crippen molar-refractivity contribution in [1.29, 1.82) is 0 Å². The van der Waals surface area contributed by atoms with Crippen molar-refractivity contribution in [3.05, 3.63) is 0 Å². The topological polar surface area (TPSA) is 69.1 Å². The molecule has 0 heterocycles. The highest BCUT2D eigenvalue weighted by Gasteiger charge is 2.32. The van der Waals surface area contributed by atoms with Crippen molar-refractivity contribution in [3.8, 4) is 0 Å². The van der Waals surface area contributed by atoms with Gasteiger partial charge in [-0.2, -0.15) is 12.6 Å². The molecule has 4 heteroatoms. The van der Waals surface area contributed by atoms with Crippen LogP contribution in [0.1, 0.15) is 19.8 Å². The first-order chi connectivity index (χ1) is 5.66. The van der Waals surface area contributed by atoms with Gasteiger partial charge in [0.2, 0.25) is 0 Å². The third-order valence-corrected chi connectivity index (χ3v) is 2.61. The van der Waals surface area contributed by atoms with Crippen LogP contribution in [-0.2, 0) is 4.79 Å². The van der Waals surface area contributed by atoms with Gasteiger partial charge in [0.05, 0.1) is 5.41 Å². The maximum Gasteiger partial charge on any atom is 0.142 e. The summed E-state index contributed by atoms with van der Waals surface area (Å²) in [4.78, 5) is 11.5. The minimum atomic E-state index is -0.497. The zero-order valence-corrected chi connectivity index (χ0v) is 8.44. The van der Waals surface area contributed by atoms with Crippen molar-refractivity contribution >= 4 is 18.4 Å². The molecule has 0 bridgehead atoms. The fraction of sp³-hybridized carbons (Fsp3) is 0.875.